The van der Waals surface area contributed by atoms with Gasteiger partial charge in [0.25, 0.3) is 0 Å². The van der Waals surface area contributed by atoms with E-state index in [1.165, 1.54) is 12.1 Å². The van der Waals surface area contributed by atoms with Crippen molar-refractivity contribution >= 4 is 0 Å². The van der Waals surface area contributed by atoms with Crippen molar-refractivity contribution in [3.05, 3.63) is 35.9 Å². The molecular formula is C19H29NO. The molecule has 2 aliphatic rings. The Hall–Kier alpha value is -0.860. The summed E-state index contributed by atoms with van der Waals surface area (Å²) in [5.74, 6) is -2.20. The molecular weight excluding hydrogens is 258 g/mol. The van der Waals surface area contributed by atoms with Crippen LogP contribution in [0.4, 0.5) is 0 Å². The first-order chi connectivity index (χ1) is 14.0. The van der Waals surface area contributed by atoms with Crippen LogP contribution in [0.25, 0.3) is 0 Å². The Morgan fingerprint density at radius 3 is 2.43 bits per heavy atom. The van der Waals surface area contributed by atoms with Crippen LogP contribution in [0.5, 0.6) is 0 Å². The summed E-state index contributed by atoms with van der Waals surface area (Å²) < 4.78 is 83.1. The maximum atomic E-state index is 11.9. The van der Waals surface area contributed by atoms with Gasteiger partial charge in [-0.2, -0.15) is 0 Å². The molecule has 1 aliphatic heterocycles. The van der Waals surface area contributed by atoms with E-state index in [-0.39, 0.29) is 12.0 Å². The lowest BCUT2D eigenvalue weighted by molar-refractivity contribution is -0.0510. The second-order valence-electron chi connectivity index (χ2n) is 5.69. The summed E-state index contributed by atoms with van der Waals surface area (Å²) in [6, 6.07) is 7.83. The van der Waals surface area contributed by atoms with Crippen LogP contribution >= 0.6 is 0 Å². The van der Waals surface area contributed by atoms with Crippen molar-refractivity contribution < 1.29 is 18.8 Å². The maximum absolute atomic E-state index is 11.9. The van der Waals surface area contributed by atoms with Crippen LogP contribution in [0.3, 0.4) is 0 Å². The van der Waals surface area contributed by atoms with Crippen LogP contribution in [0.1, 0.15) is 70.4 Å². The monoisotopic (exact) mass is 297 g/mol. The van der Waals surface area contributed by atoms with E-state index in [1.807, 2.05) is 4.90 Å². The molecule has 2 nitrogen and oxygen atoms in total. The quantitative estimate of drug-likeness (QED) is 0.890. The molecule has 1 aromatic carbocycles. The summed E-state index contributed by atoms with van der Waals surface area (Å²) in [5.41, 5.74) is -2.12. The molecule has 1 saturated carbocycles. The highest BCUT2D eigenvalue weighted by Crippen LogP contribution is 2.41. The van der Waals surface area contributed by atoms with Crippen LogP contribution in [-0.4, -0.2) is 29.6 Å². The number of rotatable bonds is 5. The summed E-state index contributed by atoms with van der Waals surface area (Å²) in [6.07, 6.45) is -14.9. The Labute approximate surface area is 143 Å². The van der Waals surface area contributed by atoms with Gasteiger partial charge in [0.05, 0.1) is 5.60 Å². The molecule has 1 heterocycles. The third-order valence-electron chi connectivity index (χ3n) is 4.32. The smallest absolute Gasteiger partial charge is 0.0936 e. The first-order valence-corrected chi connectivity index (χ1v) is 7.55. The third kappa shape index (κ3) is 3.49. The molecule has 1 aliphatic carbocycles. The fourth-order valence-corrected chi connectivity index (χ4v) is 3.04. The largest absolute Gasteiger partial charge is 0.385 e. The number of hydrogen-bond acceptors (Lipinski definition) is 2. The first-order valence-electron chi connectivity index (χ1n) is 12.6. The molecule has 0 spiro atoms. The molecule has 1 saturated heterocycles. The average Bonchev–Trinajstić information content (AvgIpc) is 3.19. The van der Waals surface area contributed by atoms with E-state index in [0.717, 1.165) is 25.9 Å². The van der Waals surface area contributed by atoms with Gasteiger partial charge in [-0.05, 0) is 56.6 Å². The minimum absolute atomic E-state index is 0.143. The van der Waals surface area contributed by atoms with E-state index in [9.17, 15) is 5.11 Å². The molecule has 2 heteroatoms. The topological polar surface area (TPSA) is 23.5 Å². The van der Waals surface area contributed by atoms with Gasteiger partial charge in [0.1, 0.15) is 0 Å². The predicted octanol–water partition coefficient (Wildman–Crippen LogP) is 3.94. The molecule has 0 aromatic heterocycles. The number of benzene rings is 1. The highest BCUT2D eigenvalue weighted by atomic mass is 16.3. The molecule has 116 valence electrons. The number of nitrogens with zero attached hydrogens (tertiary/aromatic N) is 1. The Kier molecular flexibility index (Phi) is 2.36. The van der Waals surface area contributed by atoms with Crippen molar-refractivity contribution in [3.8, 4) is 0 Å². The van der Waals surface area contributed by atoms with E-state index in [4.69, 9.17) is 13.7 Å². The van der Waals surface area contributed by atoms with Gasteiger partial charge >= 0.3 is 0 Å². The number of hydrogen-bond donors (Lipinski definition) is 1. The SMILES string of the molecule is [2H]C1([2H])C(C(O)(CCN2CCCC2)c2ccccc2)C([2H])([2H])C([2H])([2H])C([2H])([2H])C1([2H])[2H]. The second kappa shape index (κ2) is 6.93. The van der Waals surface area contributed by atoms with Crippen LogP contribution in [0.15, 0.2) is 30.3 Å². The van der Waals surface area contributed by atoms with Gasteiger partial charge in [-0.1, -0.05) is 49.5 Å². The zero-order valence-electron chi connectivity index (χ0n) is 22.1. The number of likely N-dealkylation sites (tertiary alicyclic amines) is 1. The average molecular weight is 298 g/mol. The normalized spacial score (nSPS) is 43.1. The first kappa shape index (κ1) is 7.14. The van der Waals surface area contributed by atoms with Crippen LogP contribution in [0.2, 0.25) is 0 Å². The van der Waals surface area contributed by atoms with E-state index in [0.29, 0.717) is 6.54 Å². The van der Waals surface area contributed by atoms with Crippen molar-refractivity contribution in [3.63, 3.8) is 0 Å². The van der Waals surface area contributed by atoms with Gasteiger partial charge in [-0.3, -0.25) is 0 Å². The van der Waals surface area contributed by atoms with Crippen molar-refractivity contribution in [1.82, 2.24) is 4.90 Å². The molecule has 21 heavy (non-hydrogen) atoms. The summed E-state index contributed by atoms with van der Waals surface area (Å²) in [5, 5.41) is 11.9. The summed E-state index contributed by atoms with van der Waals surface area (Å²) >= 11 is 0. The zero-order valence-corrected chi connectivity index (χ0v) is 12.1. The Morgan fingerprint density at radius 2 is 1.76 bits per heavy atom. The van der Waals surface area contributed by atoms with Crippen molar-refractivity contribution in [2.24, 2.45) is 5.92 Å². The Balaban J connectivity index is 2.20. The third-order valence-corrected chi connectivity index (χ3v) is 4.32. The molecule has 1 N–H and O–H groups in total. The molecule has 1 unspecified atom stereocenters. The summed E-state index contributed by atoms with van der Waals surface area (Å²) in [6.45, 7) is 1.85. The van der Waals surface area contributed by atoms with Crippen LogP contribution in [-0.2, 0) is 5.60 Å². The lowest BCUT2D eigenvalue weighted by Crippen LogP contribution is -2.39. The van der Waals surface area contributed by atoms with Crippen LogP contribution < -0.4 is 0 Å². The van der Waals surface area contributed by atoms with Crippen LogP contribution in [0, 0.1) is 5.92 Å². The highest BCUT2D eigenvalue weighted by molar-refractivity contribution is 5.23. The number of aliphatic hydroxyl groups is 1. The highest BCUT2D eigenvalue weighted by Gasteiger charge is 2.38. The minimum atomic E-state index is -3.48. The van der Waals surface area contributed by atoms with E-state index >= 15 is 0 Å². The van der Waals surface area contributed by atoms with Gasteiger partial charge in [0.15, 0.2) is 0 Å². The van der Waals surface area contributed by atoms with E-state index < -0.39 is 43.4 Å². The molecule has 0 amide bonds. The van der Waals surface area contributed by atoms with Crippen molar-refractivity contribution in [1.29, 1.82) is 0 Å². The standard InChI is InChI=1S/C19H29NO/c21-19(17-9-3-1-4-10-17,18-11-5-2-6-12-18)13-16-20-14-7-8-15-20/h1,3-4,9-10,18,21H,2,5-8,11-16H2/i2D2,5D2,6D2,11D2,12D2. The molecule has 0 radical (unpaired) electrons. The van der Waals surface area contributed by atoms with E-state index in [2.05, 4.69) is 0 Å². The zero-order chi connectivity index (χ0) is 23.5. The summed E-state index contributed by atoms with van der Waals surface area (Å²) in [7, 11) is 0. The van der Waals surface area contributed by atoms with Gasteiger partial charge in [-0.25, -0.2) is 0 Å². The molecule has 1 atom stereocenters. The van der Waals surface area contributed by atoms with Crippen molar-refractivity contribution in [2.75, 3.05) is 19.6 Å². The Bertz CT molecular complexity index is 764. The lowest BCUT2D eigenvalue weighted by Gasteiger charge is -2.40. The van der Waals surface area contributed by atoms with Gasteiger partial charge < -0.3 is 10.0 Å². The summed E-state index contributed by atoms with van der Waals surface area (Å²) in [4.78, 5) is 2.05. The lowest BCUT2D eigenvalue weighted by atomic mass is 9.71. The van der Waals surface area contributed by atoms with E-state index in [1.54, 1.807) is 18.2 Å². The fourth-order valence-electron chi connectivity index (χ4n) is 3.04. The second-order valence-corrected chi connectivity index (χ2v) is 5.69. The minimum Gasteiger partial charge on any atom is -0.385 e. The van der Waals surface area contributed by atoms with Gasteiger partial charge in [-0.15, -0.1) is 0 Å². The molecule has 0 bridgehead atoms. The Morgan fingerprint density at radius 1 is 1.10 bits per heavy atom. The van der Waals surface area contributed by atoms with Crippen molar-refractivity contribution in [2.45, 2.75) is 56.7 Å². The van der Waals surface area contributed by atoms with Gasteiger partial charge in [0, 0.05) is 20.3 Å². The molecule has 1 aromatic rings. The molecule has 3 rings (SSSR count). The fraction of sp³-hybridized carbons (Fsp3) is 0.684. The predicted molar refractivity (Wildman–Crippen MR) is 87.2 cm³/mol. The molecule has 2 fully saturated rings. The maximum Gasteiger partial charge on any atom is 0.0936 e. The van der Waals surface area contributed by atoms with Gasteiger partial charge in [0.2, 0.25) is 0 Å².